The fourth-order valence-electron chi connectivity index (χ4n) is 1.98. The normalized spacial score (nSPS) is 11.0. The molecule has 0 aliphatic heterocycles. The topological polar surface area (TPSA) is 35.5 Å². The molecule has 0 heterocycles. The second kappa shape index (κ2) is 7.29. The van der Waals surface area contributed by atoms with Gasteiger partial charge in [0.25, 0.3) is 0 Å². The zero-order chi connectivity index (χ0) is 15.1. The van der Waals surface area contributed by atoms with Gasteiger partial charge >= 0.3 is 5.97 Å². The first-order valence-corrected chi connectivity index (χ1v) is 6.83. The molecular weight excluding hydrogens is 264 g/mol. The van der Waals surface area contributed by atoms with Crippen molar-refractivity contribution in [1.82, 2.24) is 0 Å². The van der Waals surface area contributed by atoms with Crippen molar-refractivity contribution in [3.8, 4) is 5.75 Å². The van der Waals surface area contributed by atoms with Crippen LogP contribution < -0.4 is 4.74 Å². The number of ether oxygens (including phenoxy) is 2. The molecule has 0 N–H and O–H groups in total. The summed E-state index contributed by atoms with van der Waals surface area (Å²) in [5.74, 6) is 0.423. The second-order valence-electron chi connectivity index (χ2n) is 4.42. The van der Waals surface area contributed by atoms with Gasteiger partial charge in [0.05, 0.1) is 19.3 Å². The molecule has 2 rings (SSSR count). The third-order valence-corrected chi connectivity index (χ3v) is 2.98. The maximum absolute atomic E-state index is 12.2. The molecule has 0 amide bonds. The van der Waals surface area contributed by atoms with Gasteiger partial charge < -0.3 is 9.47 Å². The van der Waals surface area contributed by atoms with Crippen molar-refractivity contribution in [3.05, 3.63) is 65.7 Å². The summed E-state index contributed by atoms with van der Waals surface area (Å²) < 4.78 is 10.4. The molecule has 0 fully saturated rings. The van der Waals surface area contributed by atoms with Gasteiger partial charge in [0.2, 0.25) is 0 Å². The molecule has 3 heteroatoms. The largest absolute Gasteiger partial charge is 0.497 e. The van der Waals surface area contributed by atoms with E-state index < -0.39 is 0 Å². The van der Waals surface area contributed by atoms with Gasteiger partial charge in [0.1, 0.15) is 5.75 Å². The van der Waals surface area contributed by atoms with E-state index in [1.807, 2.05) is 60.7 Å². The first-order chi connectivity index (χ1) is 10.2. The predicted molar refractivity (Wildman–Crippen MR) is 83.9 cm³/mol. The molecule has 0 aliphatic rings. The highest BCUT2D eigenvalue weighted by molar-refractivity contribution is 6.21. The van der Waals surface area contributed by atoms with Gasteiger partial charge in [0, 0.05) is 0 Å². The van der Waals surface area contributed by atoms with E-state index in [1.165, 1.54) is 0 Å². The van der Waals surface area contributed by atoms with E-state index in [4.69, 9.17) is 9.47 Å². The zero-order valence-corrected chi connectivity index (χ0v) is 12.2. The van der Waals surface area contributed by atoms with Crippen LogP contribution in [0.5, 0.6) is 5.75 Å². The van der Waals surface area contributed by atoms with E-state index in [9.17, 15) is 4.79 Å². The molecule has 0 unspecified atom stereocenters. The Morgan fingerprint density at radius 3 is 2.52 bits per heavy atom. The van der Waals surface area contributed by atoms with Crippen LogP contribution in [0.4, 0.5) is 0 Å². The molecule has 0 radical (unpaired) electrons. The van der Waals surface area contributed by atoms with Crippen LogP contribution in [0.3, 0.4) is 0 Å². The van der Waals surface area contributed by atoms with E-state index in [-0.39, 0.29) is 5.97 Å². The molecular formula is C18H18O3. The van der Waals surface area contributed by atoms with Gasteiger partial charge in [-0.3, -0.25) is 0 Å². The van der Waals surface area contributed by atoms with E-state index in [0.717, 1.165) is 16.9 Å². The average Bonchev–Trinajstić information content (AvgIpc) is 2.54. The van der Waals surface area contributed by atoms with Crippen LogP contribution in [0.1, 0.15) is 18.1 Å². The van der Waals surface area contributed by atoms with E-state index in [2.05, 4.69) is 0 Å². The summed E-state index contributed by atoms with van der Waals surface area (Å²) in [5, 5.41) is 0. The lowest BCUT2D eigenvalue weighted by molar-refractivity contribution is -0.136. The van der Waals surface area contributed by atoms with Crippen molar-refractivity contribution in [3.63, 3.8) is 0 Å². The minimum atomic E-state index is -0.327. The van der Waals surface area contributed by atoms with Crippen molar-refractivity contribution in [2.45, 2.75) is 6.92 Å². The highest BCUT2D eigenvalue weighted by Crippen LogP contribution is 2.22. The lowest BCUT2D eigenvalue weighted by atomic mass is 10.0. The highest BCUT2D eigenvalue weighted by atomic mass is 16.5. The van der Waals surface area contributed by atoms with Crippen molar-refractivity contribution in [2.75, 3.05) is 13.7 Å². The van der Waals surface area contributed by atoms with E-state index >= 15 is 0 Å². The van der Waals surface area contributed by atoms with Crippen LogP contribution >= 0.6 is 0 Å². The Morgan fingerprint density at radius 1 is 1.10 bits per heavy atom. The molecule has 0 saturated carbocycles. The Kier molecular flexibility index (Phi) is 5.16. The van der Waals surface area contributed by atoms with Gasteiger partial charge in [-0.25, -0.2) is 4.79 Å². The first kappa shape index (κ1) is 14.9. The van der Waals surface area contributed by atoms with Crippen LogP contribution in [-0.4, -0.2) is 19.7 Å². The van der Waals surface area contributed by atoms with Gasteiger partial charge in [-0.15, -0.1) is 0 Å². The SMILES string of the molecule is CCOC(=O)/C(=C/c1cccc(OC)c1)c1ccccc1. The fourth-order valence-corrected chi connectivity index (χ4v) is 1.98. The number of rotatable bonds is 5. The first-order valence-electron chi connectivity index (χ1n) is 6.83. The maximum Gasteiger partial charge on any atom is 0.338 e. The Bertz CT molecular complexity index is 630. The molecule has 0 aromatic heterocycles. The molecule has 3 nitrogen and oxygen atoms in total. The summed E-state index contributed by atoms with van der Waals surface area (Å²) in [5.41, 5.74) is 2.26. The van der Waals surface area contributed by atoms with Crippen molar-refractivity contribution in [2.24, 2.45) is 0 Å². The Hall–Kier alpha value is -2.55. The molecule has 0 saturated heterocycles. The third kappa shape index (κ3) is 3.96. The van der Waals surface area contributed by atoms with Gasteiger partial charge in [-0.1, -0.05) is 42.5 Å². The molecule has 0 atom stereocenters. The summed E-state index contributed by atoms with van der Waals surface area (Å²) in [7, 11) is 1.62. The van der Waals surface area contributed by atoms with Crippen molar-refractivity contribution in [1.29, 1.82) is 0 Å². The quantitative estimate of drug-likeness (QED) is 0.475. The molecule has 21 heavy (non-hydrogen) atoms. The number of methoxy groups -OCH3 is 1. The fraction of sp³-hybridized carbons (Fsp3) is 0.167. The highest BCUT2D eigenvalue weighted by Gasteiger charge is 2.13. The Balaban J connectivity index is 2.43. The van der Waals surface area contributed by atoms with Crippen LogP contribution in [0.2, 0.25) is 0 Å². The molecule has 0 bridgehead atoms. The Labute approximate surface area is 124 Å². The van der Waals surface area contributed by atoms with Crippen LogP contribution in [0.25, 0.3) is 11.6 Å². The second-order valence-corrected chi connectivity index (χ2v) is 4.42. The van der Waals surface area contributed by atoms with Gasteiger partial charge in [0.15, 0.2) is 0 Å². The number of hydrogen-bond donors (Lipinski definition) is 0. The number of hydrogen-bond acceptors (Lipinski definition) is 3. The molecule has 0 spiro atoms. The summed E-state index contributed by atoms with van der Waals surface area (Å²) in [6.45, 7) is 2.15. The molecule has 0 aliphatic carbocycles. The maximum atomic E-state index is 12.2. The predicted octanol–water partition coefficient (Wildman–Crippen LogP) is 3.80. The lowest BCUT2D eigenvalue weighted by Crippen LogP contribution is -2.06. The molecule has 2 aromatic carbocycles. The van der Waals surface area contributed by atoms with Gasteiger partial charge in [-0.05, 0) is 36.3 Å². The van der Waals surface area contributed by atoms with Crippen LogP contribution in [-0.2, 0) is 9.53 Å². The van der Waals surface area contributed by atoms with Gasteiger partial charge in [-0.2, -0.15) is 0 Å². The smallest absolute Gasteiger partial charge is 0.338 e. The van der Waals surface area contributed by atoms with E-state index in [1.54, 1.807) is 14.0 Å². The van der Waals surface area contributed by atoms with Crippen molar-refractivity contribution >= 4 is 17.6 Å². The summed E-state index contributed by atoms with van der Waals surface area (Å²) in [4.78, 5) is 12.2. The average molecular weight is 282 g/mol. The van der Waals surface area contributed by atoms with Crippen LogP contribution in [0, 0.1) is 0 Å². The zero-order valence-electron chi connectivity index (χ0n) is 12.2. The number of esters is 1. The molecule has 2 aromatic rings. The third-order valence-electron chi connectivity index (χ3n) is 2.98. The standard InChI is InChI=1S/C18H18O3/c1-3-21-18(19)17(15-9-5-4-6-10-15)13-14-8-7-11-16(12-14)20-2/h4-13H,3H2,1-2H3/b17-13+. The van der Waals surface area contributed by atoms with Crippen LogP contribution in [0.15, 0.2) is 54.6 Å². The minimum Gasteiger partial charge on any atom is -0.497 e. The monoisotopic (exact) mass is 282 g/mol. The number of carbonyl (C=O) groups is 1. The summed E-state index contributed by atoms with van der Waals surface area (Å²) in [6, 6.07) is 17.0. The minimum absolute atomic E-state index is 0.327. The Morgan fingerprint density at radius 2 is 1.86 bits per heavy atom. The number of carbonyl (C=O) groups excluding carboxylic acids is 1. The number of benzene rings is 2. The summed E-state index contributed by atoms with van der Waals surface area (Å²) in [6.07, 6.45) is 1.82. The van der Waals surface area contributed by atoms with E-state index in [0.29, 0.717) is 12.2 Å². The molecule has 108 valence electrons. The van der Waals surface area contributed by atoms with Crippen molar-refractivity contribution < 1.29 is 14.3 Å². The lowest BCUT2D eigenvalue weighted by Gasteiger charge is -2.08. The summed E-state index contributed by atoms with van der Waals surface area (Å²) >= 11 is 0.